The molecular formula is C20H19BrF2N2O2. The Labute approximate surface area is 166 Å². The fourth-order valence-corrected chi connectivity index (χ4v) is 3.44. The SMILES string of the molecule is COc1ccc(-n2cc(-c3ccc(OC(F)F)cc3)[n+]3c2CCC3)cc1.[Br-]. The van der Waals surface area contributed by atoms with E-state index in [-0.39, 0.29) is 22.7 Å². The summed E-state index contributed by atoms with van der Waals surface area (Å²) in [5, 5.41) is 0. The zero-order chi connectivity index (χ0) is 18.1. The van der Waals surface area contributed by atoms with Crippen molar-refractivity contribution in [2.24, 2.45) is 0 Å². The van der Waals surface area contributed by atoms with Gasteiger partial charge in [0.1, 0.15) is 23.4 Å². The molecule has 2 aromatic carbocycles. The van der Waals surface area contributed by atoms with E-state index in [0.717, 1.165) is 42.1 Å². The highest BCUT2D eigenvalue weighted by Gasteiger charge is 2.29. The predicted molar refractivity (Wildman–Crippen MR) is 92.9 cm³/mol. The average Bonchev–Trinajstić information content (AvgIpc) is 3.25. The van der Waals surface area contributed by atoms with Gasteiger partial charge in [-0.25, -0.2) is 4.57 Å². The second-order valence-electron chi connectivity index (χ2n) is 6.16. The van der Waals surface area contributed by atoms with Crippen LogP contribution in [-0.2, 0) is 13.0 Å². The number of nitrogens with zero attached hydrogens (tertiary/aromatic N) is 2. The minimum atomic E-state index is -2.81. The van der Waals surface area contributed by atoms with E-state index >= 15 is 0 Å². The number of ether oxygens (including phenoxy) is 2. The number of methoxy groups -OCH3 is 1. The number of aromatic nitrogens is 2. The van der Waals surface area contributed by atoms with Crippen LogP contribution in [0.5, 0.6) is 11.5 Å². The first-order valence-electron chi connectivity index (χ1n) is 8.49. The largest absolute Gasteiger partial charge is 1.00 e. The van der Waals surface area contributed by atoms with Gasteiger partial charge in [-0.2, -0.15) is 13.3 Å². The van der Waals surface area contributed by atoms with Crippen LogP contribution in [0.4, 0.5) is 8.78 Å². The second-order valence-corrected chi connectivity index (χ2v) is 6.16. The number of fused-ring (bicyclic) bond motifs is 1. The van der Waals surface area contributed by atoms with Crippen LogP contribution >= 0.6 is 0 Å². The van der Waals surface area contributed by atoms with Crippen molar-refractivity contribution < 1.29 is 39.8 Å². The van der Waals surface area contributed by atoms with E-state index in [0.29, 0.717) is 0 Å². The molecule has 4 nitrogen and oxygen atoms in total. The first-order chi connectivity index (χ1) is 12.7. The van der Waals surface area contributed by atoms with Gasteiger partial charge in [-0.3, -0.25) is 0 Å². The summed E-state index contributed by atoms with van der Waals surface area (Å²) in [4.78, 5) is 0. The molecule has 4 rings (SSSR count). The predicted octanol–water partition coefficient (Wildman–Crippen LogP) is 0.992. The molecule has 142 valence electrons. The van der Waals surface area contributed by atoms with E-state index in [1.807, 2.05) is 36.4 Å². The zero-order valence-electron chi connectivity index (χ0n) is 14.7. The maximum atomic E-state index is 12.3. The number of benzene rings is 2. The molecule has 1 aromatic heterocycles. The number of rotatable bonds is 5. The Morgan fingerprint density at radius 1 is 1.00 bits per heavy atom. The first kappa shape index (κ1) is 19.4. The van der Waals surface area contributed by atoms with Crippen molar-refractivity contribution >= 4 is 0 Å². The fourth-order valence-electron chi connectivity index (χ4n) is 3.44. The van der Waals surface area contributed by atoms with Gasteiger partial charge in [-0.1, -0.05) is 0 Å². The Morgan fingerprint density at radius 3 is 2.30 bits per heavy atom. The maximum Gasteiger partial charge on any atom is 0.387 e. The summed E-state index contributed by atoms with van der Waals surface area (Å²) < 4.78 is 38.8. The third-order valence-electron chi connectivity index (χ3n) is 4.64. The average molecular weight is 437 g/mol. The highest BCUT2D eigenvalue weighted by molar-refractivity contribution is 5.58. The summed E-state index contributed by atoms with van der Waals surface area (Å²) in [5.74, 6) is 2.22. The van der Waals surface area contributed by atoms with E-state index in [9.17, 15) is 8.78 Å². The van der Waals surface area contributed by atoms with Gasteiger partial charge in [0.2, 0.25) is 0 Å². The molecule has 1 aliphatic rings. The molecule has 0 aliphatic carbocycles. The van der Waals surface area contributed by atoms with E-state index in [1.54, 1.807) is 19.2 Å². The minimum Gasteiger partial charge on any atom is -1.00 e. The summed E-state index contributed by atoms with van der Waals surface area (Å²) >= 11 is 0. The number of alkyl halides is 2. The molecule has 0 radical (unpaired) electrons. The van der Waals surface area contributed by atoms with E-state index in [2.05, 4.69) is 20.1 Å². The zero-order valence-corrected chi connectivity index (χ0v) is 16.3. The van der Waals surface area contributed by atoms with Crippen LogP contribution in [0.2, 0.25) is 0 Å². The van der Waals surface area contributed by atoms with Gasteiger partial charge in [0, 0.05) is 5.56 Å². The lowest BCUT2D eigenvalue weighted by atomic mass is 10.1. The molecule has 0 unspecified atom stereocenters. The van der Waals surface area contributed by atoms with Gasteiger partial charge in [-0.05, 0) is 55.0 Å². The number of imidazole rings is 1. The smallest absolute Gasteiger partial charge is 0.387 e. The third kappa shape index (κ3) is 3.83. The standard InChI is InChI=1S/C20H19F2N2O2.BrH/c1-25-16-10-6-15(7-11-16)24-13-18(23-12-2-3-19(23)24)14-4-8-17(9-5-14)26-20(21)22;/h4-11,13,20H,2-3,12H2,1H3;1H/q+1;/p-1. The van der Waals surface area contributed by atoms with Gasteiger partial charge < -0.3 is 26.5 Å². The summed E-state index contributed by atoms with van der Waals surface area (Å²) in [7, 11) is 1.65. The van der Waals surface area contributed by atoms with Crippen LogP contribution in [-0.4, -0.2) is 18.3 Å². The van der Waals surface area contributed by atoms with Crippen molar-refractivity contribution in [3.8, 4) is 28.4 Å². The molecule has 0 fully saturated rings. The highest BCUT2D eigenvalue weighted by atomic mass is 79.9. The molecule has 0 amide bonds. The van der Waals surface area contributed by atoms with Crippen molar-refractivity contribution in [2.45, 2.75) is 26.0 Å². The molecule has 0 spiro atoms. The summed E-state index contributed by atoms with van der Waals surface area (Å²) in [6.45, 7) is -1.86. The van der Waals surface area contributed by atoms with Crippen LogP contribution in [0.25, 0.3) is 16.9 Å². The van der Waals surface area contributed by atoms with Crippen molar-refractivity contribution in [1.82, 2.24) is 4.57 Å². The summed E-state index contributed by atoms with van der Waals surface area (Å²) in [5.41, 5.74) is 3.11. The van der Waals surface area contributed by atoms with Gasteiger partial charge >= 0.3 is 6.61 Å². The van der Waals surface area contributed by atoms with Crippen LogP contribution in [0.3, 0.4) is 0 Å². The second kappa shape index (κ2) is 8.08. The Morgan fingerprint density at radius 2 is 1.67 bits per heavy atom. The van der Waals surface area contributed by atoms with Crippen molar-refractivity contribution in [2.75, 3.05) is 7.11 Å². The molecule has 0 saturated carbocycles. The van der Waals surface area contributed by atoms with Gasteiger partial charge in [0.05, 0.1) is 20.1 Å². The molecule has 0 bridgehead atoms. The van der Waals surface area contributed by atoms with Crippen molar-refractivity contribution in [1.29, 1.82) is 0 Å². The van der Waals surface area contributed by atoms with Crippen LogP contribution in [0.15, 0.2) is 54.7 Å². The molecule has 0 saturated heterocycles. The quantitative estimate of drug-likeness (QED) is 0.557. The topological polar surface area (TPSA) is 27.3 Å². The Balaban J connectivity index is 0.00000210. The fraction of sp³-hybridized carbons (Fsp3) is 0.250. The normalized spacial score (nSPS) is 12.6. The Hall–Kier alpha value is -2.41. The van der Waals surface area contributed by atoms with Crippen LogP contribution < -0.4 is 31.0 Å². The van der Waals surface area contributed by atoms with Gasteiger partial charge in [0.15, 0.2) is 5.69 Å². The minimum absolute atomic E-state index is 0. The van der Waals surface area contributed by atoms with Crippen molar-refractivity contribution in [3.05, 3.63) is 60.6 Å². The lowest BCUT2D eigenvalue weighted by Crippen LogP contribution is -3.00. The molecule has 2 heterocycles. The molecule has 27 heavy (non-hydrogen) atoms. The monoisotopic (exact) mass is 436 g/mol. The molecular weight excluding hydrogens is 418 g/mol. The molecule has 0 N–H and O–H groups in total. The third-order valence-corrected chi connectivity index (χ3v) is 4.64. The van der Waals surface area contributed by atoms with E-state index in [4.69, 9.17) is 4.74 Å². The van der Waals surface area contributed by atoms with Crippen molar-refractivity contribution in [3.63, 3.8) is 0 Å². The highest BCUT2D eigenvalue weighted by Crippen LogP contribution is 2.26. The number of hydrogen-bond donors (Lipinski definition) is 0. The number of hydrogen-bond acceptors (Lipinski definition) is 2. The van der Waals surface area contributed by atoms with E-state index in [1.165, 1.54) is 5.82 Å². The molecule has 1 aliphatic heterocycles. The Bertz CT molecular complexity index is 909. The van der Waals surface area contributed by atoms with Gasteiger partial charge in [-0.15, -0.1) is 0 Å². The molecule has 3 aromatic rings. The van der Waals surface area contributed by atoms with Crippen LogP contribution in [0, 0.1) is 0 Å². The lowest BCUT2D eigenvalue weighted by molar-refractivity contribution is -0.679. The first-order valence-corrected chi connectivity index (χ1v) is 8.49. The lowest BCUT2D eigenvalue weighted by Gasteiger charge is -2.04. The van der Waals surface area contributed by atoms with Crippen LogP contribution in [0.1, 0.15) is 12.2 Å². The van der Waals surface area contributed by atoms with E-state index < -0.39 is 6.61 Å². The maximum absolute atomic E-state index is 12.3. The summed E-state index contributed by atoms with van der Waals surface area (Å²) in [6, 6.07) is 14.7. The molecule has 0 atom stereocenters. The Kier molecular flexibility index (Phi) is 5.79. The number of halogens is 3. The summed E-state index contributed by atoms with van der Waals surface area (Å²) in [6.07, 6.45) is 4.18. The van der Waals surface area contributed by atoms with Gasteiger partial charge in [0.25, 0.3) is 5.82 Å². The molecule has 7 heteroatoms.